The van der Waals surface area contributed by atoms with Crippen LogP contribution in [0.3, 0.4) is 0 Å². The Morgan fingerprint density at radius 2 is 2.28 bits per heavy atom. The predicted octanol–water partition coefficient (Wildman–Crippen LogP) is 2.85. The Morgan fingerprint density at radius 3 is 3.06 bits per heavy atom. The van der Waals surface area contributed by atoms with Gasteiger partial charge in [-0.25, -0.2) is 0 Å². The van der Waals surface area contributed by atoms with Crippen LogP contribution >= 0.6 is 11.6 Å². The molecule has 1 N–H and O–H groups in total. The number of hydrogen-bond donors (Lipinski definition) is 1. The summed E-state index contributed by atoms with van der Waals surface area (Å²) >= 11 is 5.87. The number of fused-ring (bicyclic) bond motifs is 1. The van der Waals surface area contributed by atoms with Gasteiger partial charge in [-0.05, 0) is 30.7 Å². The molecule has 1 aromatic heterocycles. The molecule has 0 aliphatic heterocycles. The van der Waals surface area contributed by atoms with E-state index in [2.05, 4.69) is 5.32 Å². The van der Waals surface area contributed by atoms with Gasteiger partial charge in [0.15, 0.2) is 5.76 Å². The van der Waals surface area contributed by atoms with E-state index in [1.165, 1.54) is 0 Å². The second-order valence-corrected chi connectivity index (χ2v) is 4.33. The third-order valence-electron chi connectivity index (χ3n) is 2.51. The Hall–Kier alpha value is -1.52. The highest BCUT2D eigenvalue weighted by molar-refractivity contribution is 6.31. The van der Waals surface area contributed by atoms with Gasteiger partial charge in [0.2, 0.25) is 0 Å². The fourth-order valence-corrected chi connectivity index (χ4v) is 1.81. The summed E-state index contributed by atoms with van der Waals surface area (Å²) in [4.78, 5) is 11.8. The second kappa shape index (κ2) is 5.89. The summed E-state index contributed by atoms with van der Waals surface area (Å²) in [6.45, 7) is 1.18. The highest BCUT2D eigenvalue weighted by Gasteiger charge is 2.11. The van der Waals surface area contributed by atoms with Crippen LogP contribution in [-0.2, 0) is 4.74 Å². The molecule has 0 aliphatic carbocycles. The van der Waals surface area contributed by atoms with Crippen LogP contribution in [0.4, 0.5) is 0 Å². The van der Waals surface area contributed by atoms with Gasteiger partial charge in [-0.15, -0.1) is 0 Å². The zero-order valence-electron chi connectivity index (χ0n) is 10.0. The van der Waals surface area contributed by atoms with Crippen molar-refractivity contribution in [3.05, 3.63) is 35.0 Å². The maximum Gasteiger partial charge on any atom is 0.287 e. The highest BCUT2D eigenvalue weighted by Crippen LogP contribution is 2.22. The second-order valence-electron chi connectivity index (χ2n) is 3.90. The first-order valence-corrected chi connectivity index (χ1v) is 6.05. The summed E-state index contributed by atoms with van der Waals surface area (Å²) in [5.74, 6) is 0.0723. The van der Waals surface area contributed by atoms with Crippen molar-refractivity contribution >= 4 is 28.5 Å². The first kappa shape index (κ1) is 12.9. The number of benzene rings is 1. The monoisotopic (exact) mass is 267 g/mol. The number of nitrogens with one attached hydrogen (secondary N) is 1. The van der Waals surface area contributed by atoms with Crippen LogP contribution in [0.25, 0.3) is 11.0 Å². The van der Waals surface area contributed by atoms with Crippen molar-refractivity contribution in [3.8, 4) is 0 Å². The molecule has 4 nitrogen and oxygen atoms in total. The smallest absolute Gasteiger partial charge is 0.287 e. The molecule has 5 heteroatoms. The van der Waals surface area contributed by atoms with Crippen LogP contribution in [0.15, 0.2) is 28.7 Å². The van der Waals surface area contributed by atoms with Crippen molar-refractivity contribution in [2.45, 2.75) is 6.42 Å². The number of hydrogen-bond acceptors (Lipinski definition) is 3. The van der Waals surface area contributed by atoms with Crippen LogP contribution in [0.2, 0.25) is 5.02 Å². The van der Waals surface area contributed by atoms with Gasteiger partial charge in [-0.2, -0.15) is 0 Å². The molecule has 0 atom stereocenters. The SMILES string of the molecule is COCCCNC(=O)c1cc2cc(Cl)ccc2o1. The maximum atomic E-state index is 11.8. The van der Waals surface area contributed by atoms with Crippen LogP contribution in [-0.4, -0.2) is 26.2 Å². The third-order valence-corrected chi connectivity index (χ3v) is 2.75. The van der Waals surface area contributed by atoms with Gasteiger partial charge in [0.05, 0.1) is 0 Å². The number of rotatable bonds is 5. The molecule has 2 rings (SSSR count). The minimum absolute atomic E-state index is 0.224. The standard InChI is InChI=1S/C13H14ClNO3/c1-17-6-2-5-15-13(16)12-8-9-7-10(14)3-4-11(9)18-12/h3-4,7-8H,2,5-6H2,1H3,(H,15,16). The first-order valence-electron chi connectivity index (χ1n) is 5.67. The number of halogens is 1. The van der Waals surface area contributed by atoms with E-state index in [9.17, 15) is 4.79 Å². The van der Waals surface area contributed by atoms with Crippen LogP contribution < -0.4 is 5.32 Å². The fraction of sp³-hybridized carbons (Fsp3) is 0.308. The molecule has 1 amide bonds. The van der Waals surface area contributed by atoms with Crippen molar-refractivity contribution < 1.29 is 13.9 Å². The Balaban J connectivity index is 2.04. The minimum atomic E-state index is -0.224. The largest absolute Gasteiger partial charge is 0.451 e. The van der Waals surface area contributed by atoms with E-state index in [1.54, 1.807) is 31.4 Å². The highest BCUT2D eigenvalue weighted by atomic mass is 35.5. The Morgan fingerprint density at radius 1 is 1.44 bits per heavy atom. The molecule has 0 fully saturated rings. The molecule has 18 heavy (non-hydrogen) atoms. The minimum Gasteiger partial charge on any atom is -0.451 e. The third kappa shape index (κ3) is 3.03. The summed E-state index contributed by atoms with van der Waals surface area (Å²) in [7, 11) is 1.63. The lowest BCUT2D eigenvalue weighted by atomic mass is 10.2. The number of furan rings is 1. The molecule has 1 aromatic carbocycles. The van der Waals surface area contributed by atoms with Crippen LogP contribution in [0.5, 0.6) is 0 Å². The van der Waals surface area contributed by atoms with E-state index >= 15 is 0 Å². The molecule has 0 unspecified atom stereocenters. The number of ether oxygens (including phenoxy) is 1. The van der Waals surface area contributed by atoms with Gasteiger partial charge in [0, 0.05) is 30.7 Å². The zero-order valence-corrected chi connectivity index (χ0v) is 10.8. The lowest BCUT2D eigenvalue weighted by Gasteiger charge is -2.01. The van der Waals surface area contributed by atoms with Gasteiger partial charge < -0.3 is 14.5 Å². The van der Waals surface area contributed by atoms with Crippen molar-refractivity contribution in [1.82, 2.24) is 5.32 Å². The van der Waals surface area contributed by atoms with Crippen LogP contribution in [0.1, 0.15) is 17.0 Å². The summed E-state index contributed by atoms with van der Waals surface area (Å²) in [6, 6.07) is 6.93. The van der Waals surface area contributed by atoms with Crippen molar-refractivity contribution in [2.75, 3.05) is 20.3 Å². The van der Waals surface area contributed by atoms with Crippen molar-refractivity contribution in [2.24, 2.45) is 0 Å². The molecule has 96 valence electrons. The van der Waals surface area contributed by atoms with Crippen molar-refractivity contribution in [1.29, 1.82) is 0 Å². The Labute approximate surface area is 110 Å². The van der Waals surface area contributed by atoms with E-state index in [1.807, 2.05) is 0 Å². The van der Waals surface area contributed by atoms with Gasteiger partial charge in [-0.3, -0.25) is 4.79 Å². The Bertz CT molecular complexity index is 550. The average molecular weight is 268 g/mol. The lowest BCUT2D eigenvalue weighted by molar-refractivity contribution is 0.0923. The van der Waals surface area contributed by atoms with E-state index in [0.717, 1.165) is 11.8 Å². The molecule has 0 bridgehead atoms. The molecule has 0 aliphatic rings. The normalized spacial score (nSPS) is 10.8. The van der Waals surface area contributed by atoms with Crippen molar-refractivity contribution in [3.63, 3.8) is 0 Å². The topological polar surface area (TPSA) is 51.5 Å². The number of methoxy groups -OCH3 is 1. The lowest BCUT2D eigenvalue weighted by Crippen LogP contribution is -2.24. The van der Waals surface area contributed by atoms with E-state index in [0.29, 0.717) is 29.5 Å². The quantitative estimate of drug-likeness (QED) is 0.848. The molecular formula is C13H14ClNO3. The predicted molar refractivity (Wildman–Crippen MR) is 70.1 cm³/mol. The summed E-state index contributed by atoms with van der Waals surface area (Å²) in [5, 5.41) is 4.21. The van der Waals surface area contributed by atoms with Crippen LogP contribution in [0, 0.1) is 0 Å². The molecule has 0 saturated carbocycles. The first-order chi connectivity index (χ1) is 8.70. The van der Waals surface area contributed by atoms with Gasteiger partial charge >= 0.3 is 0 Å². The molecule has 1 heterocycles. The average Bonchev–Trinajstić information content (AvgIpc) is 2.77. The maximum absolute atomic E-state index is 11.8. The number of amides is 1. The molecule has 0 spiro atoms. The zero-order chi connectivity index (χ0) is 13.0. The van der Waals surface area contributed by atoms with E-state index in [4.69, 9.17) is 20.8 Å². The molecule has 2 aromatic rings. The van der Waals surface area contributed by atoms with Gasteiger partial charge in [0.25, 0.3) is 5.91 Å². The summed E-state index contributed by atoms with van der Waals surface area (Å²) in [6.07, 6.45) is 0.772. The van der Waals surface area contributed by atoms with E-state index < -0.39 is 0 Å². The Kier molecular flexibility index (Phi) is 4.23. The van der Waals surface area contributed by atoms with Gasteiger partial charge in [0.1, 0.15) is 5.58 Å². The van der Waals surface area contributed by atoms with E-state index in [-0.39, 0.29) is 5.91 Å². The molecule has 0 saturated heterocycles. The summed E-state index contributed by atoms with van der Waals surface area (Å²) < 4.78 is 10.3. The molecular weight excluding hydrogens is 254 g/mol. The van der Waals surface area contributed by atoms with Gasteiger partial charge in [-0.1, -0.05) is 11.6 Å². The molecule has 0 radical (unpaired) electrons. The number of carbonyl (C=O) groups is 1. The number of carbonyl (C=O) groups excluding carboxylic acids is 1. The fourth-order valence-electron chi connectivity index (χ4n) is 1.63. The summed E-state index contributed by atoms with van der Waals surface area (Å²) in [5.41, 5.74) is 0.654.